The van der Waals surface area contributed by atoms with Crippen molar-refractivity contribution in [1.82, 2.24) is 24.8 Å². The van der Waals surface area contributed by atoms with E-state index in [4.69, 9.17) is 33.7 Å². The normalized spacial score (nSPS) is 12.3. The van der Waals surface area contributed by atoms with Gasteiger partial charge in [-0.25, -0.2) is 34.5 Å². The van der Waals surface area contributed by atoms with Crippen molar-refractivity contribution >= 4 is 46.4 Å². The molecule has 14 heteroatoms. The molecule has 1 N–H and O–H groups in total. The summed E-state index contributed by atoms with van der Waals surface area (Å²) in [6, 6.07) is 15.7. The van der Waals surface area contributed by atoms with Crippen molar-refractivity contribution in [2.24, 2.45) is 0 Å². The Kier molecular flexibility index (Phi) is 12.2. The molecule has 4 rings (SSSR count). The van der Waals surface area contributed by atoms with Gasteiger partial charge in [0.25, 0.3) is 5.88 Å². The van der Waals surface area contributed by atoms with E-state index in [1.165, 1.54) is 4.90 Å². The molecule has 0 radical (unpaired) electrons. The molecule has 0 aliphatic rings. The average molecular weight is 748 g/mol. The highest BCUT2D eigenvalue weighted by Gasteiger charge is 2.32. The van der Waals surface area contributed by atoms with E-state index in [1.807, 2.05) is 60.0 Å². The minimum atomic E-state index is -1.17. The second-order valence-corrected chi connectivity index (χ2v) is 16.6. The van der Waals surface area contributed by atoms with Gasteiger partial charge in [-0.2, -0.15) is 0 Å². The molecule has 2 aromatic heterocycles. The quantitative estimate of drug-likeness (QED) is 0.129. The summed E-state index contributed by atoms with van der Waals surface area (Å²) in [5.74, 6) is 0.167. The molecule has 2 aromatic carbocycles. The third-order valence-electron chi connectivity index (χ3n) is 7.49. The van der Waals surface area contributed by atoms with Crippen LogP contribution in [0.4, 0.5) is 19.2 Å². The molecule has 0 aliphatic heterocycles. The van der Waals surface area contributed by atoms with Crippen LogP contribution in [0, 0.1) is 0 Å². The lowest BCUT2D eigenvalue weighted by atomic mass is 10.0. The van der Waals surface area contributed by atoms with E-state index in [9.17, 15) is 19.2 Å². The number of nitrogens with one attached hydrogen (secondary N) is 1. The number of rotatable bonds is 9. The van der Waals surface area contributed by atoms with Crippen LogP contribution >= 0.6 is 0 Å². The summed E-state index contributed by atoms with van der Waals surface area (Å²) >= 11 is 0. The Morgan fingerprint density at radius 2 is 1.37 bits per heavy atom. The number of imidazole rings is 1. The number of alkyl carbamates (subject to hydrolysis) is 1. The lowest BCUT2D eigenvalue weighted by Gasteiger charge is -2.30. The fourth-order valence-corrected chi connectivity index (χ4v) is 5.47. The summed E-state index contributed by atoms with van der Waals surface area (Å²) in [5, 5.41) is 2.73. The first-order chi connectivity index (χ1) is 24.9. The van der Waals surface area contributed by atoms with Crippen molar-refractivity contribution in [1.29, 1.82) is 0 Å². The highest BCUT2D eigenvalue weighted by Crippen LogP contribution is 2.34. The molecule has 14 nitrogen and oxygen atoms in total. The van der Waals surface area contributed by atoms with Crippen molar-refractivity contribution in [3.8, 4) is 5.88 Å². The Labute approximate surface area is 316 Å². The first kappa shape index (κ1) is 41.4. The van der Waals surface area contributed by atoms with Crippen LogP contribution in [0.15, 0.2) is 48.5 Å². The van der Waals surface area contributed by atoms with Crippen molar-refractivity contribution in [3.63, 3.8) is 0 Å². The number of amides is 3. The zero-order valence-corrected chi connectivity index (χ0v) is 33.4. The largest absolute Gasteiger partial charge is 0.509 e. The molecule has 292 valence electrons. The minimum Gasteiger partial charge on any atom is -0.444 e. The van der Waals surface area contributed by atoms with E-state index in [2.05, 4.69) is 5.32 Å². The van der Waals surface area contributed by atoms with Crippen LogP contribution in [-0.4, -0.2) is 72.8 Å². The summed E-state index contributed by atoms with van der Waals surface area (Å²) < 4.78 is 29.7. The van der Waals surface area contributed by atoms with Crippen molar-refractivity contribution in [2.75, 3.05) is 6.54 Å². The van der Waals surface area contributed by atoms with Gasteiger partial charge in [-0.05, 0) is 107 Å². The molecule has 0 aliphatic carbocycles. The van der Waals surface area contributed by atoms with Crippen LogP contribution in [0.25, 0.3) is 21.9 Å². The highest BCUT2D eigenvalue weighted by atomic mass is 16.7. The SMILES string of the molecule is CCN(Cc1nc2c(OC(=O)NC(=O)OC(C)(C)C)nc3cc(Cc4ccccc4)ccc3c2n1CC(C)(C)OC(=O)OC(C)(C)C)C(=O)OC(C)(C)C. The number of carbonyl (C=O) groups excluding carboxylic acids is 4. The Bertz CT molecular complexity index is 2000. The number of hydrogen-bond donors (Lipinski definition) is 1. The maximum atomic E-state index is 13.3. The third kappa shape index (κ3) is 11.8. The van der Waals surface area contributed by atoms with Crippen LogP contribution in [0.1, 0.15) is 100 Å². The number of nitrogens with zero attached hydrogens (tertiary/aromatic N) is 4. The van der Waals surface area contributed by atoms with E-state index in [0.29, 0.717) is 28.7 Å². The average Bonchev–Trinajstić information content (AvgIpc) is 3.34. The number of carbonyl (C=O) groups is 4. The van der Waals surface area contributed by atoms with Crippen LogP contribution in [0.3, 0.4) is 0 Å². The zero-order chi connectivity index (χ0) is 40.2. The number of ether oxygens (including phenoxy) is 5. The molecule has 4 aromatic rings. The first-order valence-electron chi connectivity index (χ1n) is 17.9. The summed E-state index contributed by atoms with van der Waals surface area (Å²) in [6.07, 6.45) is -2.95. The maximum absolute atomic E-state index is 13.3. The predicted molar refractivity (Wildman–Crippen MR) is 203 cm³/mol. The van der Waals surface area contributed by atoms with Gasteiger partial charge in [-0.15, -0.1) is 0 Å². The molecule has 2 heterocycles. The number of imide groups is 1. The van der Waals surface area contributed by atoms with Gasteiger partial charge in [0.2, 0.25) is 0 Å². The standard InChI is InChI=1S/C40H53N5O9/c1-13-44(35(48)52-38(5,6)7)23-29-42-30-31(45(29)24-40(11,12)54-36(49)53-39(8,9)10)27-20-19-26(21-25-17-15-14-16-18-25)22-28(27)41-32(30)50-33(46)43-34(47)51-37(2,3)4/h14-20,22H,13,21,23-24H2,1-12H3,(H,43,46,47). The third-order valence-corrected chi connectivity index (χ3v) is 7.49. The van der Waals surface area contributed by atoms with Gasteiger partial charge in [0.05, 0.1) is 24.1 Å². The van der Waals surface area contributed by atoms with Gasteiger partial charge in [0.15, 0.2) is 5.52 Å². The maximum Gasteiger partial charge on any atom is 0.509 e. The highest BCUT2D eigenvalue weighted by molar-refractivity contribution is 6.05. The van der Waals surface area contributed by atoms with Crippen LogP contribution in [0.5, 0.6) is 5.88 Å². The molecular weight excluding hydrogens is 694 g/mol. The van der Waals surface area contributed by atoms with Crippen molar-refractivity contribution in [3.05, 3.63) is 65.5 Å². The van der Waals surface area contributed by atoms with Crippen LogP contribution in [-0.2, 0) is 38.5 Å². The Morgan fingerprint density at radius 1 is 0.741 bits per heavy atom. The second-order valence-electron chi connectivity index (χ2n) is 16.6. The molecule has 0 spiro atoms. The number of benzene rings is 2. The van der Waals surface area contributed by atoms with E-state index >= 15 is 0 Å². The monoisotopic (exact) mass is 747 g/mol. The van der Waals surface area contributed by atoms with Gasteiger partial charge in [0, 0.05) is 11.9 Å². The summed E-state index contributed by atoms with van der Waals surface area (Å²) in [6.45, 7) is 21.1. The van der Waals surface area contributed by atoms with Gasteiger partial charge >= 0.3 is 24.4 Å². The van der Waals surface area contributed by atoms with Gasteiger partial charge < -0.3 is 33.2 Å². The molecular formula is C40H53N5O9. The van der Waals surface area contributed by atoms with Gasteiger partial charge in [0.1, 0.15) is 28.2 Å². The number of fused-ring (bicyclic) bond motifs is 3. The molecule has 0 unspecified atom stereocenters. The molecule has 0 bridgehead atoms. The lowest BCUT2D eigenvalue weighted by molar-refractivity contribution is -0.0582. The molecule has 0 fully saturated rings. The number of pyridine rings is 1. The van der Waals surface area contributed by atoms with Crippen molar-refractivity contribution in [2.45, 2.75) is 125 Å². The number of aromatic nitrogens is 3. The molecule has 0 saturated heterocycles. The van der Waals surface area contributed by atoms with E-state index in [0.717, 1.165) is 11.1 Å². The Hall–Kier alpha value is -5.40. The van der Waals surface area contributed by atoms with Gasteiger partial charge in [-0.1, -0.05) is 42.5 Å². The van der Waals surface area contributed by atoms with Crippen LogP contribution in [0.2, 0.25) is 0 Å². The van der Waals surface area contributed by atoms with Gasteiger partial charge in [-0.3, -0.25) is 0 Å². The molecule has 3 amide bonds. The van der Waals surface area contributed by atoms with E-state index < -0.39 is 46.8 Å². The fourth-order valence-electron chi connectivity index (χ4n) is 5.47. The lowest BCUT2D eigenvalue weighted by Crippen LogP contribution is -2.38. The minimum absolute atomic E-state index is 0.0280. The zero-order valence-electron chi connectivity index (χ0n) is 33.4. The smallest absolute Gasteiger partial charge is 0.444 e. The van der Waals surface area contributed by atoms with E-state index in [-0.39, 0.29) is 31.0 Å². The summed E-state index contributed by atoms with van der Waals surface area (Å²) in [4.78, 5) is 63.0. The molecule has 54 heavy (non-hydrogen) atoms. The van der Waals surface area contributed by atoms with Crippen molar-refractivity contribution < 1.29 is 42.9 Å². The fraction of sp³-hybridized carbons (Fsp3) is 0.500. The van der Waals surface area contributed by atoms with E-state index in [1.54, 1.807) is 76.2 Å². The Balaban J connectivity index is 1.92. The summed E-state index contributed by atoms with van der Waals surface area (Å²) in [7, 11) is 0. The second kappa shape index (κ2) is 15.9. The number of hydrogen-bond acceptors (Lipinski definition) is 11. The topological polar surface area (TPSA) is 160 Å². The predicted octanol–water partition coefficient (Wildman–Crippen LogP) is 8.69. The van der Waals surface area contributed by atoms with Crippen LogP contribution < -0.4 is 10.1 Å². The summed E-state index contributed by atoms with van der Waals surface area (Å²) in [5.41, 5.74) is -0.444. The molecule has 0 saturated carbocycles. The first-order valence-corrected chi connectivity index (χ1v) is 17.9. The molecule has 0 atom stereocenters. The Morgan fingerprint density at radius 3 is 1.96 bits per heavy atom.